The molecule has 6 heteroatoms. The number of nitrogens with one attached hydrogen (secondary N) is 3. The molecule has 0 bridgehead atoms. The van der Waals surface area contributed by atoms with E-state index in [0.717, 1.165) is 31.5 Å². The molecule has 1 aromatic rings. The summed E-state index contributed by atoms with van der Waals surface area (Å²) in [6.07, 6.45) is 7.14. The summed E-state index contributed by atoms with van der Waals surface area (Å²) < 4.78 is 5.41. The summed E-state index contributed by atoms with van der Waals surface area (Å²) in [5.41, 5.74) is 1.79. The predicted octanol–water partition coefficient (Wildman–Crippen LogP) is 3.03. The number of nitrogens with zero attached hydrogens (tertiary/aromatic N) is 1. The number of ether oxygens (including phenoxy) is 1. The SMILES string of the molecule is Cc1[nH]ncc1CNC1CCCCCC1NC(=O)OC(C)(C)C. The van der Waals surface area contributed by atoms with E-state index in [1.807, 2.05) is 33.9 Å². The van der Waals surface area contributed by atoms with Crippen LogP contribution in [0.1, 0.15) is 64.1 Å². The number of aromatic amines is 1. The van der Waals surface area contributed by atoms with E-state index in [9.17, 15) is 4.79 Å². The van der Waals surface area contributed by atoms with E-state index < -0.39 is 5.60 Å². The topological polar surface area (TPSA) is 79.0 Å². The highest BCUT2D eigenvalue weighted by Crippen LogP contribution is 2.19. The first kappa shape index (κ1) is 17.8. The Morgan fingerprint density at radius 3 is 2.61 bits per heavy atom. The molecule has 6 nitrogen and oxygen atoms in total. The molecule has 2 rings (SSSR count). The molecule has 0 saturated heterocycles. The van der Waals surface area contributed by atoms with Crippen LogP contribution in [-0.4, -0.2) is 34.0 Å². The Balaban J connectivity index is 1.93. The van der Waals surface area contributed by atoms with Gasteiger partial charge in [0.25, 0.3) is 0 Å². The third kappa shape index (κ3) is 5.86. The van der Waals surface area contributed by atoms with Crippen LogP contribution in [0.2, 0.25) is 0 Å². The van der Waals surface area contributed by atoms with Gasteiger partial charge in [0, 0.05) is 29.9 Å². The second-order valence-corrected chi connectivity index (χ2v) is 7.40. The molecule has 0 aliphatic heterocycles. The first-order valence-electron chi connectivity index (χ1n) is 8.57. The number of hydrogen-bond donors (Lipinski definition) is 3. The number of aromatic nitrogens is 2. The predicted molar refractivity (Wildman–Crippen MR) is 90.2 cm³/mol. The summed E-state index contributed by atoms with van der Waals surface area (Å²) >= 11 is 0. The van der Waals surface area contributed by atoms with Gasteiger partial charge in [-0.05, 0) is 40.5 Å². The molecule has 1 heterocycles. The average Bonchev–Trinajstić information content (AvgIpc) is 2.71. The molecule has 130 valence electrons. The molecule has 1 amide bonds. The van der Waals surface area contributed by atoms with Crippen molar-refractivity contribution in [3.63, 3.8) is 0 Å². The van der Waals surface area contributed by atoms with Crippen molar-refractivity contribution in [2.24, 2.45) is 0 Å². The molecule has 0 aromatic carbocycles. The molecule has 2 atom stereocenters. The van der Waals surface area contributed by atoms with E-state index in [1.54, 1.807) is 0 Å². The van der Waals surface area contributed by atoms with Crippen molar-refractivity contribution in [1.29, 1.82) is 0 Å². The van der Waals surface area contributed by atoms with Crippen LogP contribution < -0.4 is 10.6 Å². The van der Waals surface area contributed by atoms with Crippen LogP contribution in [0.15, 0.2) is 6.20 Å². The third-order valence-electron chi connectivity index (χ3n) is 4.21. The Kier molecular flexibility index (Phi) is 6.04. The summed E-state index contributed by atoms with van der Waals surface area (Å²) in [6, 6.07) is 0.374. The molecule has 1 saturated carbocycles. The Morgan fingerprint density at radius 2 is 2.00 bits per heavy atom. The van der Waals surface area contributed by atoms with Gasteiger partial charge in [-0.15, -0.1) is 0 Å². The summed E-state index contributed by atoms with van der Waals surface area (Å²) in [6.45, 7) is 8.44. The molecule has 1 aromatic heterocycles. The van der Waals surface area contributed by atoms with Crippen molar-refractivity contribution in [2.75, 3.05) is 0 Å². The van der Waals surface area contributed by atoms with Gasteiger partial charge in [-0.2, -0.15) is 5.10 Å². The fourth-order valence-electron chi connectivity index (χ4n) is 2.98. The van der Waals surface area contributed by atoms with Crippen LogP contribution >= 0.6 is 0 Å². The first-order chi connectivity index (χ1) is 10.8. The third-order valence-corrected chi connectivity index (χ3v) is 4.21. The zero-order valence-electron chi connectivity index (χ0n) is 14.7. The zero-order valence-corrected chi connectivity index (χ0v) is 14.7. The minimum atomic E-state index is -0.467. The number of carbonyl (C=O) groups is 1. The number of aryl methyl sites for hydroxylation is 1. The lowest BCUT2D eigenvalue weighted by atomic mass is 10.0. The van der Waals surface area contributed by atoms with Gasteiger partial charge in [0.1, 0.15) is 5.60 Å². The minimum Gasteiger partial charge on any atom is -0.444 e. The van der Waals surface area contributed by atoms with Crippen LogP contribution in [0.25, 0.3) is 0 Å². The Hall–Kier alpha value is -1.56. The van der Waals surface area contributed by atoms with E-state index in [0.29, 0.717) is 0 Å². The first-order valence-corrected chi connectivity index (χ1v) is 8.57. The lowest BCUT2D eigenvalue weighted by molar-refractivity contribution is 0.0489. The van der Waals surface area contributed by atoms with E-state index >= 15 is 0 Å². The second kappa shape index (κ2) is 7.81. The van der Waals surface area contributed by atoms with E-state index in [1.165, 1.54) is 18.4 Å². The normalized spacial score (nSPS) is 22.4. The van der Waals surface area contributed by atoms with E-state index in [-0.39, 0.29) is 18.2 Å². The molecule has 0 spiro atoms. The highest BCUT2D eigenvalue weighted by Gasteiger charge is 2.27. The van der Waals surface area contributed by atoms with Gasteiger partial charge in [-0.3, -0.25) is 5.10 Å². The molecule has 2 unspecified atom stereocenters. The molecular weight excluding hydrogens is 292 g/mol. The van der Waals surface area contributed by atoms with Crippen LogP contribution in [-0.2, 0) is 11.3 Å². The van der Waals surface area contributed by atoms with Gasteiger partial charge >= 0.3 is 6.09 Å². The second-order valence-electron chi connectivity index (χ2n) is 7.40. The van der Waals surface area contributed by atoms with Crippen molar-refractivity contribution in [3.05, 3.63) is 17.5 Å². The van der Waals surface area contributed by atoms with Gasteiger partial charge in [0.15, 0.2) is 0 Å². The highest BCUT2D eigenvalue weighted by molar-refractivity contribution is 5.68. The molecule has 1 fully saturated rings. The van der Waals surface area contributed by atoms with Gasteiger partial charge in [-0.1, -0.05) is 19.3 Å². The Bertz CT molecular complexity index is 507. The number of rotatable bonds is 4. The zero-order chi connectivity index (χ0) is 16.9. The van der Waals surface area contributed by atoms with Crippen LogP contribution in [0.3, 0.4) is 0 Å². The quantitative estimate of drug-likeness (QED) is 0.745. The lowest BCUT2D eigenvalue weighted by Crippen LogP contribution is -2.50. The van der Waals surface area contributed by atoms with Crippen molar-refractivity contribution in [3.8, 4) is 0 Å². The van der Waals surface area contributed by atoms with Crippen molar-refractivity contribution >= 4 is 6.09 Å². The van der Waals surface area contributed by atoms with E-state index in [4.69, 9.17) is 4.74 Å². The van der Waals surface area contributed by atoms with Crippen LogP contribution in [0.5, 0.6) is 0 Å². The number of alkyl carbamates (subject to hydrolysis) is 1. The molecule has 1 aliphatic carbocycles. The fourth-order valence-corrected chi connectivity index (χ4v) is 2.98. The molecule has 23 heavy (non-hydrogen) atoms. The summed E-state index contributed by atoms with van der Waals surface area (Å²) in [7, 11) is 0. The Morgan fingerprint density at radius 1 is 1.30 bits per heavy atom. The monoisotopic (exact) mass is 322 g/mol. The summed E-state index contributed by atoms with van der Waals surface area (Å²) in [5, 5.41) is 13.7. The maximum absolute atomic E-state index is 12.1. The number of amides is 1. The minimum absolute atomic E-state index is 0.111. The van der Waals surface area contributed by atoms with Crippen molar-refractivity contribution in [2.45, 2.75) is 84.0 Å². The average molecular weight is 322 g/mol. The van der Waals surface area contributed by atoms with Gasteiger partial charge in [0.2, 0.25) is 0 Å². The van der Waals surface area contributed by atoms with Gasteiger partial charge in [-0.25, -0.2) is 4.79 Å². The van der Waals surface area contributed by atoms with E-state index in [2.05, 4.69) is 20.8 Å². The smallest absolute Gasteiger partial charge is 0.407 e. The molecular formula is C17H30N4O2. The number of hydrogen-bond acceptors (Lipinski definition) is 4. The highest BCUT2D eigenvalue weighted by atomic mass is 16.6. The maximum atomic E-state index is 12.1. The lowest BCUT2D eigenvalue weighted by Gasteiger charge is -2.29. The van der Waals surface area contributed by atoms with Crippen molar-refractivity contribution < 1.29 is 9.53 Å². The number of carbonyl (C=O) groups excluding carboxylic acids is 1. The van der Waals surface area contributed by atoms with Crippen molar-refractivity contribution in [1.82, 2.24) is 20.8 Å². The molecule has 1 aliphatic rings. The maximum Gasteiger partial charge on any atom is 0.407 e. The van der Waals surface area contributed by atoms with Crippen LogP contribution in [0, 0.1) is 6.92 Å². The fraction of sp³-hybridized carbons (Fsp3) is 0.765. The summed E-state index contributed by atoms with van der Waals surface area (Å²) in [4.78, 5) is 12.1. The van der Waals surface area contributed by atoms with Gasteiger partial charge in [0.05, 0.1) is 6.20 Å². The standard InChI is InChI=1S/C17H30N4O2/c1-12-13(11-19-21-12)10-18-14-8-6-5-7-9-15(14)20-16(22)23-17(2,3)4/h11,14-15,18H,5-10H2,1-4H3,(H,19,21)(H,20,22). The number of H-pyrrole nitrogens is 1. The largest absolute Gasteiger partial charge is 0.444 e. The van der Waals surface area contributed by atoms with Crippen LogP contribution in [0.4, 0.5) is 4.79 Å². The molecule has 3 N–H and O–H groups in total. The van der Waals surface area contributed by atoms with Gasteiger partial charge < -0.3 is 15.4 Å². The summed E-state index contributed by atoms with van der Waals surface area (Å²) in [5.74, 6) is 0. The Labute approximate surface area is 138 Å². The molecule has 0 radical (unpaired) electrons.